The Morgan fingerprint density at radius 3 is 2.58 bits per heavy atom. The molecule has 7 rings (SSSR count). The van der Waals surface area contributed by atoms with E-state index in [0.717, 1.165) is 95.7 Å². The van der Waals surface area contributed by atoms with Crippen LogP contribution in [0.4, 0.5) is 10.1 Å². The Bertz CT molecular complexity index is 1590. The van der Waals surface area contributed by atoms with Gasteiger partial charge in [-0.2, -0.15) is 10.4 Å². The van der Waals surface area contributed by atoms with Crippen LogP contribution in [-0.2, 0) is 14.9 Å². The average Bonchev–Trinajstić information content (AvgIpc) is 3.75. The smallest absolute Gasteiger partial charge is 0.305 e. The lowest BCUT2D eigenvalue weighted by Gasteiger charge is -2.54. The van der Waals surface area contributed by atoms with Gasteiger partial charge in [0.2, 0.25) is 0 Å². The summed E-state index contributed by atoms with van der Waals surface area (Å²) in [6, 6.07) is 15.4. The summed E-state index contributed by atoms with van der Waals surface area (Å²) in [5, 5.41) is 16.3. The quantitative estimate of drug-likeness (QED) is 0.238. The van der Waals surface area contributed by atoms with E-state index < -0.39 is 0 Å². The number of methoxy groups -OCH3 is 1. The number of hydrogen-bond acceptors (Lipinski definition) is 8. The van der Waals surface area contributed by atoms with E-state index in [4.69, 9.17) is 9.47 Å². The number of anilines is 1. The van der Waals surface area contributed by atoms with Gasteiger partial charge in [-0.25, -0.2) is 4.39 Å². The second-order valence-corrected chi connectivity index (χ2v) is 14.4. The van der Waals surface area contributed by atoms with E-state index in [2.05, 4.69) is 37.0 Å². The first-order valence-corrected chi connectivity index (χ1v) is 17.7. The zero-order valence-electron chi connectivity index (χ0n) is 28.0. The molecule has 1 N–H and O–H groups in total. The highest BCUT2D eigenvalue weighted by molar-refractivity contribution is 5.69. The molecule has 0 amide bonds. The minimum Gasteiger partial charge on any atom is -0.469 e. The van der Waals surface area contributed by atoms with E-state index >= 15 is 0 Å². The number of aromatic amines is 1. The molecule has 254 valence electrons. The fourth-order valence-electron chi connectivity index (χ4n) is 9.23. The summed E-state index contributed by atoms with van der Waals surface area (Å²) >= 11 is 0. The Kier molecular flexibility index (Phi) is 9.69. The van der Waals surface area contributed by atoms with Gasteiger partial charge < -0.3 is 24.2 Å². The molecule has 1 aromatic heterocycles. The molecular formula is C38H47FN6O3. The Morgan fingerprint density at radius 2 is 1.90 bits per heavy atom. The average molecular weight is 655 g/mol. The normalized spacial score (nSPS) is 23.6. The van der Waals surface area contributed by atoms with Crippen LogP contribution >= 0.6 is 0 Å². The molecule has 0 radical (unpaired) electrons. The highest BCUT2D eigenvalue weighted by atomic mass is 19.1. The summed E-state index contributed by atoms with van der Waals surface area (Å²) in [5.41, 5.74) is 2.50. The van der Waals surface area contributed by atoms with Crippen molar-refractivity contribution < 1.29 is 18.7 Å². The molecule has 0 bridgehead atoms. The van der Waals surface area contributed by atoms with Crippen molar-refractivity contribution in [1.29, 1.82) is 5.26 Å². The number of aromatic nitrogens is 2. The number of rotatable bonds is 12. The fourth-order valence-corrected chi connectivity index (χ4v) is 9.23. The summed E-state index contributed by atoms with van der Waals surface area (Å²) in [7, 11) is 1.49. The topological polar surface area (TPSA) is 97.7 Å². The number of halogens is 1. The molecule has 3 aliphatic heterocycles. The van der Waals surface area contributed by atoms with E-state index in [-0.39, 0.29) is 23.1 Å². The van der Waals surface area contributed by atoms with Gasteiger partial charge >= 0.3 is 5.97 Å². The van der Waals surface area contributed by atoms with Gasteiger partial charge in [-0.3, -0.25) is 9.89 Å². The van der Waals surface area contributed by atoms with Crippen LogP contribution in [0.5, 0.6) is 11.5 Å². The van der Waals surface area contributed by atoms with Gasteiger partial charge in [-0.1, -0.05) is 18.6 Å². The summed E-state index contributed by atoms with van der Waals surface area (Å²) < 4.78 is 26.1. The van der Waals surface area contributed by atoms with E-state index in [1.54, 1.807) is 24.5 Å². The number of benzene rings is 2. The summed E-state index contributed by atoms with van der Waals surface area (Å²) in [6.45, 7) is 8.20. The van der Waals surface area contributed by atoms with Crippen molar-refractivity contribution in [3.8, 4) is 17.6 Å². The predicted octanol–water partition coefficient (Wildman–Crippen LogP) is 5.98. The number of esters is 1. The second-order valence-electron chi connectivity index (χ2n) is 14.4. The van der Waals surface area contributed by atoms with Crippen molar-refractivity contribution in [1.82, 2.24) is 20.0 Å². The largest absolute Gasteiger partial charge is 0.469 e. The molecule has 1 saturated carbocycles. The molecule has 1 aliphatic carbocycles. The SMILES string of the molecule is COC(=O)C[C@H]1CCC[C@@H]1[C@](CN1CCC1)(c1cccc(F)c1)C1CCN(CC2CN(c3ccc(C#N)c(Oc4cn[nH]c4)c3)C2)CC1. The molecule has 0 unspecified atom stereocenters. The lowest BCUT2D eigenvalue weighted by atomic mass is 9.56. The number of carbonyl (C=O) groups excluding carboxylic acids is 1. The first-order chi connectivity index (χ1) is 23.4. The lowest BCUT2D eigenvalue weighted by molar-refractivity contribution is -0.142. The van der Waals surface area contributed by atoms with E-state index in [1.807, 2.05) is 24.3 Å². The molecular weight excluding hydrogens is 607 g/mol. The highest BCUT2D eigenvalue weighted by Crippen LogP contribution is 2.54. The van der Waals surface area contributed by atoms with E-state index in [0.29, 0.717) is 41.2 Å². The molecule has 0 spiro atoms. The number of piperidine rings is 1. The first kappa shape index (κ1) is 32.6. The molecule has 3 saturated heterocycles. The van der Waals surface area contributed by atoms with Crippen molar-refractivity contribution in [2.24, 2.45) is 23.7 Å². The van der Waals surface area contributed by atoms with Gasteiger partial charge in [0, 0.05) is 55.7 Å². The van der Waals surface area contributed by atoms with Gasteiger partial charge in [0.1, 0.15) is 17.6 Å². The lowest BCUT2D eigenvalue weighted by Crippen LogP contribution is -2.58. The van der Waals surface area contributed by atoms with Gasteiger partial charge in [0.05, 0.1) is 25.1 Å². The van der Waals surface area contributed by atoms with Crippen molar-refractivity contribution in [2.75, 3.05) is 64.4 Å². The van der Waals surface area contributed by atoms with Crippen LogP contribution in [0.15, 0.2) is 54.9 Å². The monoisotopic (exact) mass is 654 g/mol. The predicted molar refractivity (Wildman–Crippen MR) is 181 cm³/mol. The molecule has 2 aromatic carbocycles. The number of H-pyrrole nitrogens is 1. The minimum atomic E-state index is -0.192. The van der Waals surface area contributed by atoms with Crippen LogP contribution in [-0.4, -0.2) is 85.4 Å². The Labute approximate surface area is 283 Å². The van der Waals surface area contributed by atoms with Crippen LogP contribution in [0.25, 0.3) is 0 Å². The number of carbonyl (C=O) groups is 1. The van der Waals surface area contributed by atoms with Crippen LogP contribution in [0.3, 0.4) is 0 Å². The van der Waals surface area contributed by atoms with Crippen LogP contribution in [0.2, 0.25) is 0 Å². The van der Waals surface area contributed by atoms with Gasteiger partial charge in [0.25, 0.3) is 0 Å². The maximum atomic E-state index is 15.0. The third-order valence-electron chi connectivity index (χ3n) is 11.7. The molecule has 4 heterocycles. The molecule has 10 heteroatoms. The van der Waals surface area contributed by atoms with Crippen molar-refractivity contribution in [2.45, 2.75) is 50.4 Å². The second kappa shape index (κ2) is 14.3. The number of likely N-dealkylation sites (tertiary alicyclic amines) is 2. The summed E-state index contributed by atoms with van der Waals surface area (Å²) in [6.07, 6.45) is 10.3. The number of ether oxygens (including phenoxy) is 2. The van der Waals surface area contributed by atoms with Crippen molar-refractivity contribution in [3.05, 3.63) is 71.8 Å². The molecule has 9 nitrogen and oxygen atoms in total. The number of hydrogen-bond donors (Lipinski definition) is 1. The Morgan fingerprint density at radius 1 is 1.06 bits per heavy atom. The number of nitrogens with zero attached hydrogens (tertiary/aromatic N) is 5. The van der Waals surface area contributed by atoms with Crippen LogP contribution in [0.1, 0.15) is 56.1 Å². The zero-order valence-corrected chi connectivity index (χ0v) is 28.0. The number of nitrogens with one attached hydrogen (secondary N) is 1. The van der Waals surface area contributed by atoms with E-state index in [1.165, 1.54) is 13.5 Å². The molecule has 3 atom stereocenters. The minimum absolute atomic E-state index is 0.129. The zero-order chi connectivity index (χ0) is 33.1. The third kappa shape index (κ3) is 6.68. The summed E-state index contributed by atoms with van der Waals surface area (Å²) in [5.74, 6) is 2.39. The van der Waals surface area contributed by atoms with Gasteiger partial charge in [-0.15, -0.1) is 0 Å². The van der Waals surface area contributed by atoms with Gasteiger partial charge in [-0.05, 0) is 106 Å². The standard InChI is InChI=1S/C38H47FN6O3/c1-47-37(46)17-28-5-2-8-35(28)38(26-44-13-4-14-44,31-6-3-7-32(39)18-31)30-11-15-43(16-12-30)23-27-24-45(25-27)33-10-9-29(20-40)36(19-33)48-34-21-41-42-22-34/h3,6-7,9-10,18-19,21-22,27-28,30,35H,2,4-5,8,11-17,23-26H2,1H3,(H,41,42)/t28-,35+,38+/m1/s1. The third-order valence-corrected chi connectivity index (χ3v) is 11.7. The van der Waals surface area contributed by atoms with Crippen LogP contribution < -0.4 is 9.64 Å². The van der Waals surface area contributed by atoms with Gasteiger partial charge in [0.15, 0.2) is 5.75 Å². The Balaban J connectivity index is 1.03. The van der Waals surface area contributed by atoms with Crippen molar-refractivity contribution in [3.63, 3.8) is 0 Å². The first-order valence-electron chi connectivity index (χ1n) is 17.7. The molecule has 4 fully saturated rings. The maximum Gasteiger partial charge on any atom is 0.305 e. The van der Waals surface area contributed by atoms with Crippen LogP contribution in [0, 0.1) is 40.8 Å². The fraction of sp³-hybridized carbons (Fsp3) is 0.553. The molecule has 3 aromatic rings. The maximum absolute atomic E-state index is 15.0. The highest BCUT2D eigenvalue weighted by Gasteiger charge is 2.53. The van der Waals surface area contributed by atoms with E-state index in [9.17, 15) is 14.4 Å². The molecule has 4 aliphatic rings. The van der Waals surface area contributed by atoms with Crippen molar-refractivity contribution >= 4 is 11.7 Å². The summed E-state index contributed by atoms with van der Waals surface area (Å²) in [4.78, 5) is 20.1. The Hall–Kier alpha value is -3.94. The molecule has 48 heavy (non-hydrogen) atoms. The number of nitriles is 1.